The van der Waals surface area contributed by atoms with Crippen molar-refractivity contribution in [2.75, 3.05) is 0 Å². The minimum atomic E-state index is -1.04. The standard InChI is InChI=1S/C17H14F2N2O2/c1-8-4-13(22)16-14(5-8)23-17(21)10(7-20)15(16)9-2-3-11(18)12(19)6-9/h2-3,6,8,15H,4-5,21H2,1H3/t8-,15+/m1/s1. The van der Waals surface area contributed by atoms with Crippen LogP contribution in [0.1, 0.15) is 31.2 Å². The third-order valence-electron chi connectivity index (χ3n) is 4.14. The molecule has 1 aromatic rings. The van der Waals surface area contributed by atoms with E-state index < -0.39 is 17.6 Å². The summed E-state index contributed by atoms with van der Waals surface area (Å²) < 4.78 is 32.3. The van der Waals surface area contributed by atoms with Gasteiger partial charge >= 0.3 is 0 Å². The number of hydrogen-bond acceptors (Lipinski definition) is 4. The van der Waals surface area contributed by atoms with Crippen LogP contribution in [0.15, 0.2) is 41.0 Å². The molecule has 0 spiro atoms. The average Bonchev–Trinajstić information content (AvgIpc) is 2.48. The van der Waals surface area contributed by atoms with E-state index in [4.69, 9.17) is 10.5 Å². The monoisotopic (exact) mass is 316 g/mol. The zero-order valence-corrected chi connectivity index (χ0v) is 12.4. The van der Waals surface area contributed by atoms with E-state index in [0.717, 1.165) is 12.1 Å². The Labute approximate surface area is 131 Å². The van der Waals surface area contributed by atoms with E-state index in [0.29, 0.717) is 29.7 Å². The summed E-state index contributed by atoms with van der Waals surface area (Å²) in [6.07, 6.45) is 0.835. The Morgan fingerprint density at radius 3 is 2.70 bits per heavy atom. The Kier molecular flexibility index (Phi) is 3.64. The number of nitriles is 1. The molecule has 0 radical (unpaired) electrons. The van der Waals surface area contributed by atoms with Crippen molar-refractivity contribution < 1.29 is 18.3 Å². The van der Waals surface area contributed by atoms with Crippen LogP contribution in [0.25, 0.3) is 0 Å². The Morgan fingerprint density at radius 1 is 1.30 bits per heavy atom. The summed E-state index contributed by atoms with van der Waals surface area (Å²) in [7, 11) is 0. The highest BCUT2D eigenvalue weighted by Crippen LogP contribution is 2.44. The van der Waals surface area contributed by atoms with Crippen molar-refractivity contribution in [2.45, 2.75) is 25.7 Å². The number of benzene rings is 1. The fourth-order valence-corrected chi connectivity index (χ4v) is 3.12. The zero-order valence-electron chi connectivity index (χ0n) is 12.4. The summed E-state index contributed by atoms with van der Waals surface area (Å²) in [6, 6.07) is 5.25. The molecule has 1 heterocycles. The molecule has 2 atom stereocenters. The van der Waals surface area contributed by atoms with E-state index in [1.165, 1.54) is 6.07 Å². The van der Waals surface area contributed by atoms with Gasteiger partial charge in [-0.05, 0) is 23.6 Å². The molecular formula is C17H14F2N2O2. The minimum absolute atomic E-state index is 0.0395. The first-order chi connectivity index (χ1) is 10.9. The lowest BCUT2D eigenvalue weighted by Gasteiger charge is -2.32. The van der Waals surface area contributed by atoms with Crippen LogP contribution in [0.2, 0.25) is 0 Å². The molecule has 23 heavy (non-hydrogen) atoms. The van der Waals surface area contributed by atoms with Gasteiger partial charge in [0, 0.05) is 18.4 Å². The zero-order chi connectivity index (χ0) is 16.7. The van der Waals surface area contributed by atoms with Crippen LogP contribution in [0.5, 0.6) is 0 Å². The number of nitrogens with two attached hydrogens (primary N) is 1. The van der Waals surface area contributed by atoms with Crippen molar-refractivity contribution in [2.24, 2.45) is 11.7 Å². The number of carbonyl (C=O) groups is 1. The molecular weight excluding hydrogens is 302 g/mol. The molecule has 6 heteroatoms. The number of ketones is 1. The largest absolute Gasteiger partial charge is 0.444 e. The van der Waals surface area contributed by atoms with E-state index in [-0.39, 0.29) is 23.2 Å². The van der Waals surface area contributed by atoms with Crippen LogP contribution >= 0.6 is 0 Å². The number of rotatable bonds is 1. The van der Waals surface area contributed by atoms with E-state index >= 15 is 0 Å². The van der Waals surface area contributed by atoms with Crippen LogP contribution in [0, 0.1) is 28.9 Å². The highest BCUT2D eigenvalue weighted by Gasteiger charge is 2.39. The fraction of sp³-hybridized carbons (Fsp3) is 0.294. The average molecular weight is 316 g/mol. The summed E-state index contributed by atoms with van der Waals surface area (Å²) in [4.78, 5) is 12.5. The lowest BCUT2D eigenvalue weighted by atomic mass is 9.75. The Bertz CT molecular complexity index is 805. The summed E-state index contributed by atoms with van der Waals surface area (Å²) in [5, 5.41) is 9.38. The second kappa shape index (κ2) is 5.51. The molecule has 1 aliphatic carbocycles. The maximum absolute atomic E-state index is 13.6. The topological polar surface area (TPSA) is 76.1 Å². The summed E-state index contributed by atoms with van der Waals surface area (Å²) in [5.74, 6) is -2.59. The van der Waals surface area contributed by atoms with Gasteiger partial charge in [-0.15, -0.1) is 0 Å². The quantitative estimate of drug-likeness (QED) is 0.864. The van der Waals surface area contributed by atoms with E-state index in [9.17, 15) is 18.8 Å². The molecule has 3 rings (SSSR count). The van der Waals surface area contributed by atoms with Crippen LogP contribution < -0.4 is 5.73 Å². The van der Waals surface area contributed by atoms with Crippen molar-refractivity contribution in [3.8, 4) is 6.07 Å². The molecule has 0 unspecified atom stereocenters. The molecule has 1 aliphatic heterocycles. The smallest absolute Gasteiger partial charge is 0.205 e. The highest BCUT2D eigenvalue weighted by molar-refractivity contribution is 5.99. The van der Waals surface area contributed by atoms with Crippen LogP contribution in [0.4, 0.5) is 8.78 Å². The lowest BCUT2D eigenvalue weighted by Crippen LogP contribution is -2.29. The van der Waals surface area contributed by atoms with Gasteiger partial charge in [0.1, 0.15) is 17.4 Å². The number of Topliss-reactive ketones (excluding diaryl/α,β-unsaturated/α-hetero) is 1. The molecule has 2 N–H and O–H groups in total. The van der Waals surface area contributed by atoms with Crippen LogP contribution in [-0.2, 0) is 9.53 Å². The molecule has 4 nitrogen and oxygen atoms in total. The third-order valence-corrected chi connectivity index (χ3v) is 4.14. The summed E-state index contributed by atoms with van der Waals surface area (Å²) in [5.41, 5.74) is 6.47. The highest BCUT2D eigenvalue weighted by atomic mass is 19.2. The van der Waals surface area contributed by atoms with Crippen LogP contribution in [0.3, 0.4) is 0 Å². The third kappa shape index (κ3) is 2.48. The molecule has 1 aromatic carbocycles. The van der Waals surface area contributed by atoms with Gasteiger partial charge in [0.25, 0.3) is 0 Å². The SMILES string of the molecule is C[C@@H]1CC(=O)C2=C(C1)OC(N)=C(C#N)[C@@H]2c1ccc(F)c(F)c1. The first-order valence-corrected chi connectivity index (χ1v) is 7.21. The molecule has 0 fully saturated rings. The molecule has 0 bridgehead atoms. The molecule has 0 aromatic heterocycles. The lowest BCUT2D eigenvalue weighted by molar-refractivity contribution is -0.117. The van der Waals surface area contributed by atoms with Crippen molar-refractivity contribution in [3.63, 3.8) is 0 Å². The number of halogens is 2. The van der Waals surface area contributed by atoms with Gasteiger partial charge in [-0.3, -0.25) is 4.79 Å². The maximum atomic E-state index is 13.6. The fourth-order valence-electron chi connectivity index (χ4n) is 3.12. The van der Waals surface area contributed by atoms with Gasteiger partial charge in [-0.2, -0.15) is 5.26 Å². The number of allylic oxidation sites excluding steroid dienone is 3. The molecule has 0 amide bonds. The number of carbonyl (C=O) groups excluding carboxylic acids is 1. The molecule has 2 aliphatic rings. The van der Waals surface area contributed by atoms with Crippen molar-refractivity contribution in [1.82, 2.24) is 0 Å². The van der Waals surface area contributed by atoms with Gasteiger partial charge in [-0.1, -0.05) is 13.0 Å². The van der Waals surface area contributed by atoms with E-state index in [1.54, 1.807) is 0 Å². The number of nitrogens with zero attached hydrogens (tertiary/aromatic N) is 1. The summed E-state index contributed by atoms with van der Waals surface area (Å²) in [6.45, 7) is 1.91. The van der Waals surface area contributed by atoms with Crippen molar-refractivity contribution in [3.05, 3.63) is 58.2 Å². The Hall–Kier alpha value is -2.68. The van der Waals surface area contributed by atoms with Gasteiger partial charge in [0.15, 0.2) is 17.4 Å². The summed E-state index contributed by atoms with van der Waals surface area (Å²) >= 11 is 0. The predicted molar refractivity (Wildman–Crippen MR) is 77.4 cm³/mol. The van der Waals surface area contributed by atoms with E-state index in [2.05, 4.69) is 0 Å². The van der Waals surface area contributed by atoms with Gasteiger partial charge in [0.2, 0.25) is 5.88 Å². The van der Waals surface area contributed by atoms with Crippen molar-refractivity contribution in [1.29, 1.82) is 5.26 Å². The van der Waals surface area contributed by atoms with Crippen LogP contribution in [-0.4, -0.2) is 5.78 Å². The normalized spacial score (nSPS) is 24.2. The van der Waals surface area contributed by atoms with Gasteiger partial charge < -0.3 is 10.5 Å². The van der Waals surface area contributed by atoms with Crippen molar-refractivity contribution >= 4 is 5.78 Å². The Morgan fingerprint density at radius 2 is 2.04 bits per heavy atom. The van der Waals surface area contributed by atoms with Gasteiger partial charge in [0.05, 0.1) is 5.92 Å². The molecule has 118 valence electrons. The first kappa shape index (κ1) is 15.2. The number of ether oxygens (including phenoxy) is 1. The van der Waals surface area contributed by atoms with E-state index in [1.807, 2.05) is 13.0 Å². The second-order valence-corrected chi connectivity index (χ2v) is 5.87. The number of hydrogen-bond donors (Lipinski definition) is 1. The first-order valence-electron chi connectivity index (χ1n) is 7.21. The molecule has 0 saturated carbocycles. The van der Waals surface area contributed by atoms with Gasteiger partial charge in [-0.25, -0.2) is 8.78 Å². The minimum Gasteiger partial charge on any atom is -0.444 e. The second-order valence-electron chi connectivity index (χ2n) is 5.87. The molecule has 0 saturated heterocycles. The Balaban J connectivity index is 2.19. The maximum Gasteiger partial charge on any atom is 0.205 e. The predicted octanol–water partition coefficient (Wildman–Crippen LogP) is 3.03.